The number of aliphatic hydroxyl groups is 1. The zero-order valence-corrected chi connectivity index (χ0v) is 18.7. The summed E-state index contributed by atoms with van der Waals surface area (Å²) >= 11 is 0. The normalized spacial score (nSPS) is 15.6. The van der Waals surface area contributed by atoms with Gasteiger partial charge in [0.15, 0.2) is 5.78 Å². The van der Waals surface area contributed by atoms with Gasteiger partial charge in [-0.2, -0.15) is 5.10 Å². The maximum atomic E-state index is 14.7. The first-order valence-corrected chi connectivity index (χ1v) is 10.5. The number of ketones is 1. The molecule has 4 rings (SSSR count). The van der Waals surface area contributed by atoms with Gasteiger partial charge in [-0.1, -0.05) is 6.07 Å². The number of carbonyl (C=O) groups is 1. The van der Waals surface area contributed by atoms with E-state index in [0.717, 1.165) is 12.1 Å². The Kier molecular flexibility index (Phi) is 6.57. The number of hydrogen-bond acceptors (Lipinski definition) is 8. The fraction of sp³-hybridized carbons (Fsp3) is 0.261. The molecule has 0 bridgehead atoms. The predicted molar refractivity (Wildman–Crippen MR) is 118 cm³/mol. The fourth-order valence-corrected chi connectivity index (χ4v) is 3.67. The highest BCUT2D eigenvalue weighted by Crippen LogP contribution is 2.29. The Balaban J connectivity index is 1.50. The van der Waals surface area contributed by atoms with E-state index in [1.807, 2.05) is 0 Å². The van der Waals surface area contributed by atoms with Crippen LogP contribution in [0.15, 0.2) is 67.0 Å². The van der Waals surface area contributed by atoms with E-state index >= 15 is 0 Å². The Morgan fingerprint density at radius 3 is 2.59 bits per heavy atom. The van der Waals surface area contributed by atoms with Gasteiger partial charge in [-0.15, -0.1) is 5.12 Å². The average Bonchev–Trinajstić information content (AvgIpc) is 3.41. The monoisotopic (exact) mass is 470 g/mol. The van der Waals surface area contributed by atoms with Gasteiger partial charge < -0.3 is 15.3 Å². The van der Waals surface area contributed by atoms with Crippen LogP contribution >= 0.6 is 0 Å². The summed E-state index contributed by atoms with van der Waals surface area (Å²) in [4.78, 5) is 15.3. The minimum atomic E-state index is -1.77. The minimum absolute atomic E-state index is 0.0278. The molecule has 0 aliphatic carbocycles. The quantitative estimate of drug-likeness (QED) is 0.460. The molecule has 0 saturated carbocycles. The molecule has 0 saturated heterocycles. The number of carbonyl (C=O) groups excluding carboxylic acids is 1. The number of halogens is 2. The van der Waals surface area contributed by atoms with E-state index in [-0.39, 0.29) is 31.0 Å². The molecule has 0 amide bonds. The van der Waals surface area contributed by atoms with Crippen molar-refractivity contribution in [2.75, 3.05) is 20.2 Å². The third-order valence-electron chi connectivity index (χ3n) is 5.40. The zero-order chi connectivity index (χ0) is 24.3. The molecule has 0 radical (unpaired) electrons. The molecule has 1 atom stereocenters. The van der Waals surface area contributed by atoms with Gasteiger partial charge in [0.05, 0.1) is 18.8 Å². The Bertz CT molecular complexity index is 1190. The van der Waals surface area contributed by atoms with Crippen molar-refractivity contribution >= 4 is 5.78 Å². The van der Waals surface area contributed by atoms with Gasteiger partial charge in [-0.25, -0.2) is 18.4 Å². The van der Waals surface area contributed by atoms with Gasteiger partial charge in [0.2, 0.25) is 0 Å². The summed E-state index contributed by atoms with van der Waals surface area (Å²) in [7, 11) is 1.72. The van der Waals surface area contributed by atoms with Crippen LogP contribution < -0.4 is 10.2 Å². The molecule has 2 aromatic carbocycles. The first-order chi connectivity index (χ1) is 16.2. The third-order valence-corrected chi connectivity index (χ3v) is 5.40. The molecule has 1 aliphatic rings. The summed E-state index contributed by atoms with van der Waals surface area (Å²) in [5.41, 5.74) is 2.54. The lowest BCUT2D eigenvalue weighted by Crippen LogP contribution is -2.48. The summed E-state index contributed by atoms with van der Waals surface area (Å²) in [5.74, 6) is -1.04. The topological polar surface area (TPSA) is 95.8 Å². The van der Waals surface area contributed by atoms with Gasteiger partial charge in [0, 0.05) is 30.4 Å². The van der Waals surface area contributed by atoms with Crippen LogP contribution in [-0.2, 0) is 12.1 Å². The van der Waals surface area contributed by atoms with Crippen LogP contribution in [0, 0.1) is 11.6 Å². The van der Waals surface area contributed by atoms with Gasteiger partial charge in [-0.05, 0) is 37.3 Å². The molecule has 2 N–H and O–H groups in total. The molecule has 9 nitrogen and oxygen atoms in total. The number of rotatable bonds is 9. The van der Waals surface area contributed by atoms with E-state index in [1.54, 1.807) is 47.6 Å². The number of ether oxygens (including phenoxy) is 1. The van der Waals surface area contributed by atoms with Gasteiger partial charge in [0.25, 0.3) is 0 Å². The summed E-state index contributed by atoms with van der Waals surface area (Å²) in [5, 5.41) is 18.8. The van der Waals surface area contributed by atoms with Crippen molar-refractivity contribution in [3.05, 3.63) is 89.8 Å². The zero-order valence-electron chi connectivity index (χ0n) is 18.7. The van der Waals surface area contributed by atoms with Crippen LogP contribution in [0.5, 0.6) is 5.75 Å². The Labute approximate surface area is 194 Å². The Hall–Kier alpha value is -3.83. The van der Waals surface area contributed by atoms with Crippen molar-refractivity contribution in [2.45, 2.75) is 19.1 Å². The molecule has 1 aliphatic heterocycles. The van der Waals surface area contributed by atoms with E-state index in [0.29, 0.717) is 17.0 Å². The van der Waals surface area contributed by atoms with Crippen molar-refractivity contribution < 1.29 is 23.4 Å². The molecule has 11 heteroatoms. The molecule has 3 aromatic rings. The van der Waals surface area contributed by atoms with Crippen molar-refractivity contribution in [1.29, 1.82) is 0 Å². The number of nitrogens with zero attached hydrogens (tertiary/aromatic N) is 5. The standard InChI is InChI=1S/C23H24F2N6O3/c1-16(32)17-3-6-20(7-4-17)34-11-19-10-31(29(2)28-19)13-23(33,12-30-15-26-14-27-30)21-8-5-18(24)9-22(21)25/h3-10,14-15,28,33H,11-13H2,1-2H3. The minimum Gasteiger partial charge on any atom is -0.487 e. The molecular weight excluding hydrogens is 446 g/mol. The second kappa shape index (κ2) is 9.57. The lowest BCUT2D eigenvalue weighted by Gasteiger charge is -2.35. The highest BCUT2D eigenvalue weighted by atomic mass is 19.1. The fourth-order valence-electron chi connectivity index (χ4n) is 3.67. The molecular formula is C23H24F2N6O3. The van der Waals surface area contributed by atoms with Crippen LogP contribution in [0.2, 0.25) is 0 Å². The maximum Gasteiger partial charge on any atom is 0.159 e. The number of benzene rings is 2. The van der Waals surface area contributed by atoms with Crippen LogP contribution in [0.1, 0.15) is 22.8 Å². The molecule has 1 unspecified atom stereocenters. The van der Waals surface area contributed by atoms with Crippen LogP contribution in [-0.4, -0.2) is 56.0 Å². The van der Waals surface area contributed by atoms with Crippen molar-refractivity contribution in [3.8, 4) is 5.75 Å². The molecule has 0 spiro atoms. The molecule has 178 valence electrons. The maximum absolute atomic E-state index is 14.7. The highest BCUT2D eigenvalue weighted by molar-refractivity contribution is 5.94. The molecule has 34 heavy (non-hydrogen) atoms. The molecule has 0 fully saturated rings. The van der Waals surface area contributed by atoms with Crippen molar-refractivity contribution in [1.82, 2.24) is 30.3 Å². The second-order valence-electron chi connectivity index (χ2n) is 8.01. The lowest BCUT2D eigenvalue weighted by atomic mass is 9.92. The number of aromatic nitrogens is 3. The summed E-state index contributed by atoms with van der Waals surface area (Å²) < 4.78 is 35.3. The van der Waals surface area contributed by atoms with E-state index in [9.17, 15) is 18.7 Å². The lowest BCUT2D eigenvalue weighted by molar-refractivity contribution is -0.0705. The Morgan fingerprint density at radius 2 is 1.94 bits per heavy atom. The molecule has 2 heterocycles. The van der Waals surface area contributed by atoms with Crippen LogP contribution in [0.25, 0.3) is 0 Å². The third kappa shape index (κ3) is 5.21. The SMILES string of the molecule is CC(=O)c1ccc(OCC2=CN(CC(O)(Cn3cncn3)c3ccc(F)cc3F)N(C)N2)cc1. The predicted octanol–water partition coefficient (Wildman–Crippen LogP) is 2.23. The largest absolute Gasteiger partial charge is 0.487 e. The smallest absolute Gasteiger partial charge is 0.159 e. The first-order valence-electron chi connectivity index (χ1n) is 10.5. The summed E-state index contributed by atoms with van der Waals surface area (Å²) in [6, 6.07) is 9.86. The first kappa shape index (κ1) is 23.3. The van der Waals surface area contributed by atoms with Crippen LogP contribution in [0.4, 0.5) is 8.78 Å². The van der Waals surface area contributed by atoms with Crippen LogP contribution in [0.3, 0.4) is 0 Å². The average molecular weight is 470 g/mol. The Morgan fingerprint density at radius 1 is 1.18 bits per heavy atom. The number of hydrogen-bond donors (Lipinski definition) is 2. The highest BCUT2D eigenvalue weighted by Gasteiger charge is 2.37. The number of Topliss-reactive ketones (excluding diaryl/α,β-unsaturated/α-hetero) is 1. The number of β-amino-alcohol motifs (C(OH)–C–C–N with tert-alkyl or cyclic N) is 1. The van der Waals surface area contributed by atoms with Gasteiger partial charge >= 0.3 is 0 Å². The number of hydrazine groups is 2. The van der Waals surface area contributed by atoms with E-state index in [4.69, 9.17) is 4.74 Å². The van der Waals surface area contributed by atoms with Gasteiger partial charge in [-0.3, -0.25) is 9.80 Å². The number of nitrogens with one attached hydrogen (secondary N) is 1. The van der Waals surface area contributed by atoms with E-state index in [2.05, 4.69) is 15.5 Å². The second-order valence-corrected chi connectivity index (χ2v) is 8.01. The summed E-state index contributed by atoms with van der Waals surface area (Å²) in [6.07, 6.45) is 4.44. The van der Waals surface area contributed by atoms with Crippen molar-refractivity contribution in [2.24, 2.45) is 0 Å². The van der Waals surface area contributed by atoms with E-state index < -0.39 is 17.2 Å². The van der Waals surface area contributed by atoms with E-state index in [1.165, 1.54) is 30.3 Å². The summed E-state index contributed by atoms with van der Waals surface area (Å²) in [6.45, 7) is 1.50. The van der Waals surface area contributed by atoms with Crippen molar-refractivity contribution in [3.63, 3.8) is 0 Å². The van der Waals surface area contributed by atoms with Gasteiger partial charge in [0.1, 0.15) is 42.2 Å². The molecule has 1 aromatic heterocycles.